The molecule has 8 nitrogen and oxygen atoms in total. The van der Waals surface area contributed by atoms with Crippen LogP contribution in [0.4, 0.5) is 0 Å². The number of benzene rings is 2. The molecule has 0 fully saturated rings. The number of hydrogen-bond donors (Lipinski definition) is 2. The Hall–Kier alpha value is -3.91. The minimum absolute atomic E-state index is 0.481. The number of imidazole rings is 1. The zero-order chi connectivity index (χ0) is 20.7. The Balaban J connectivity index is 1.78. The van der Waals surface area contributed by atoms with Crippen LogP contribution in [0.1, 0.15) is 22.6 Å². The van der Waals surface area contributed by atoms with Gasteiger partial charge < -0.3 is 9.67 Å². The first-order chi connectivity index (χ1) is 14.6. The van der Waals surface area contributed by atoms with Gasteiger partial charge in [0.15, 0.2) is 22.9 Å². The van der Waals surface area contributed by atoms with E-state index in [1.165, 1.54) is 0 Å². The summed E-state index contributed by atoms with van der Waals surface area (Å²) in [5, 5.41) is 26.2. The molecule has 0 spiro atoms. The maximum Gasteiger partial charge on any atom is 0.181 e. The summed E-state index contributed by atoms with van der Waals surface area (Å²) >= 11 is 0. The largest absolute Gasteiger partial charge is 0.373 e. The van der Waals surface area contributed by atoms with Gasteiger partial charge in [0.05, 0.1) is 11.2 Å². The Kier molecular flexibility index (Phi) is 4.14. The van der Waals surface area contributed by atoms with Crippen LogP contribution in [0.25, 0.3) is 22.6 Å². The van der Waals surface area contributed by atoms with Crippen molar-refractivity contribution >= 4 is 11.2 Å². The number of aromatic amines is 1. The summed E-state index contributed by atoms with van der Waals surface area (Å²) in [6.07, 6.45) is 0. The van der Waals surface area contributed by atoms with Crippen LogP contribution in [0.15, 0.2) is 66.7 Å². The molecule has 5 rings (SSSR count). The molecular formula is C22H19N7O. The highest BCUT2D eigenvalue weighted by Gasteiger charge is 2.38. The van der Waals surface area contributed by atoms with Crippen LogP contribution < -0.4 is 0 Å². The van der Waals surface area contributed by atoms with Gasteiger partial charge in [-0.05, 0) is 34.5 Å². The van der Waals surface area contributed by atoms with E-state index < -0.39 is 5.60 Å². The third-order valence-electron chi connectivity index (χ3n) is 5.37. The number of aliphatic hydroxyl groups is 1. The molecule has 0 aliphatic carbocycles. The van der Waals surface area contributed by atoms with Crippen molar-refractivity contribution in [2.24, 2.45) is 7.05 Å². The van der Waals surface area contributed by atoms with E-state index in [2.05, 4.69) is 25.6 Å². The Labute approximate surface area is 172 Å². The van der Waals surface area contributed by atoms with Gasteiger partial charge in [-0.2, -0.15) is 0 Å². The molecule has 3 heterocycles. The number of nitrogens with one attached hydrogen (secondary N) is 1. The van der Waals surface area contributed by atoms with Crippen molar-refractivity contribution in [1.29, 1.82) is 0 Å². The summed E-state index contributed by atoms with van der Waals surface area (Å²) in [6.45, 7) is 1.88. The molecule has 148 valence electrons. The Morgan fingerprint density at radius 1 is 0.933 bits per heavy atom. The third kappa shape index (κ3) is 2.69. The summed E-state index contributed by atoms with van der Waals surface area (Å²) < 4.78 is 1.87. The highest BCUT2D eigenvalue weighted by Crippen LogP contribution is 2.37. The fourth-order valence-corrected chi connectivity index (χ4v) is 3.82. The first kappa shape index (κ1) is 18.1. The van der Waals surface area contributed by atoms with Gasteiger partial charge in [-0.3, -0.25) is 0 Å². The van der Waals surface area contributed by atoms with E-state index >= 15 is 0 Å². The van der Waals surface area contributed by atoms with Crippen molar-refractivity contribution in [2.75, 3.05) is 0 Å². The van der Waals surface area contributed by atoms with E-state index in [0.29, 0.717) is 17.3 Å². The number of hydrogen-bond acceptors (Lipinski definition) is 6. The van der Waals surface area contributed by atoms with E-state index in [9.17, 15) is 5.11 Å². The number of nitrogens with zero attached hydrogens (tertiary/aromatic N) is 6. The van der Waals surface area contributed by atoms with Crippen LogP contribution >= 0.6 is 0 Å². The van der Waals surface area contributed by atoms with Crippen LogP contribution in [-0.4, -0.2) is 40.3 Å². The number of rotatable bonds is 4. The van der Waals surface area contributed by atoms with Gasteiger partial charge in [0.1, 0.15) is 0 Å². The van der Waals surface area contributed by atoms with Gasteiger partial charge in [0, 0.05) is 12.6 Å². The van der Waals surface area contributed by atoms with Crippen LogP contribution in [-0.2, 0) is 12.6 Å². The molecule has 5 aromatic rings. The summed E-state index contributed by atoms with van der Waals surface area (Å²) in [7, 11) is 1.88. The average Bonchev–Trinajstić information content (AvgIpc) is 3.42. The Morgan fingerprint density at radius 2 is 1.57 bits per heavy atom. The van der Waals surface area contributed by atoms with E-state index in [1.54, 1.807) is 0 Å². The molecule has 0 bridgehead atoms. The zero-order valence-corrected chi connectivity index (χ0v) is 16.5. The second-order valence-corrected chi connectivity index (χ2v) is 7.15. The fraction of sp³-hybridized carbons (Fsp3) is 0.136. The molecule has 2 aromatic carbocycles. The maximum atomic E-state index is 12.1. The monoisotopic (exact) mass is 397 g/mol. The molecule has 0 saturated heterocycles. The Bertz CT molecular complexity index is 1270. The number of aryl methyl sites for hydroxylation is 2. The van der Waals surface area contributed by atoms with Gasteiger partial charge in [-0.25, -0.2) is 15.1 Å². The van der Waals surface area contributed by atoms with E-state index in [4.69, 9.17) is 4.98 Å². The molecule has 30 heavy (non-hydrogen) atoms. The topological polar surface area (TPSA) is 105 Å². The molecule has 0 atom stereocenters. The van der Waals surface area contributed by atoms with Crippen molar-refractivity contribution in [3.8, 4) is 11.4 Å². The summed E-state index contributed by atoms with van der Waals surface area (Å²) in [5.74, 6) is 1.01. The lowest BCUT2D eigenvalue weighted by atomic mass is 9.85. The van der Waals surface area contributed by atoms with Gasteiger partial charge in [-0.1, -0.05) is 60.7 Å². The van der Waals surface area contributed by atoms with E-state index in [1.807, 2.05) is 85.3 Å². The van der Waals surface area contributed by atoms with Crippen LogP contribution in [0.2, 0.25) is 0 Å². The van der Waals surface area contributed by atoms with Gasteiger partial charge >= 0.3 is 0 Å². The highest BCUT2D eigenvalue weighted by atomic mass is 16.3. The standard InChI is InChI=1S/C22H19N7O/c1-14-17(19-25-27-28-26-19)13-18-20(23-14)24-21(29(18)2)22(30,15-9-5-3-6-10-15)16-11-7-4-8-12-16/h3-13,30H,1-2H3,(H,25,26,27,28). The molecule has 0 amide bonds. The summed E-state index contributed by atoms with van der Waals surface area (Å²) in [4.78, 5) is 9.42. The smallest absolute Gasteiger partial charge is 0.181 e. The Morgan fingerprint density at radius 3 is 2.13 bits per heavy atom. The molecular weight excluding hydrogens is 378 g/mol. The van der Waals surface area contributed by atoms with Crippen LogP contribution in [0.3, 0.4) is 0 Å². The van der Waals surface area contributed by atoms with Crippen molar-refractivity contribution in [2.45, 2.75) is 12.5 Å². The summed E-state index contributed by atoms with van der Waals surface area (Å²) in [5.41, 5.74) is 2.86. The normalized spacial score (nSPS) is 11.8. The SMILES string of the molecule is Cc1nc2nc(C(O)(c3ccccc3)c3ccccc3)n(C)c2cc1-c1nnn[nH]1. The predicted octanol–water partition coefficient (Wildman–Crippen LogP) is 2.74. The second kappa shape index (κ2) is 6.85. The fourth-order valence-electron chi connectivity index (χ4n) is 3.82. The first-order valence-corrected chi connectivity index (χ1v) is 9.51. The van der Waals surface area contributed by atoms with Crippen molar-refractivity contribution in [3.63, 3.8) is 0 Å². The lowest BCUT2D eigenvalue weighted by Gasteiger charge is -2.28. The molecule has 0 aliphatic heterocycles. The molecule has 8 heteroatoms. The predicted molar refractivity (Wildman–Crippen MR) is 111 cm³/mol. The van der Waals surface area contributed by atoms with Gasteiger partial charge in [0.25, 0.3) is 0 Å². The van der Waals surface area contributed by atoms with Crippen molar-refractivity contribution in [1.82, 2.24) is 35.2 Å². The molecule has 0 radical (unpaired) electrons. The number of tetrazole rings is 1. The number of H-pyrrole nitrogens is 1. The average molecular weight is 397 g/mol. The number of fused-ring (bicyclic) bond motifs is 1. The lowest BCUT2D eigenvalue weighted by molar-refractivity contribution is 0.113. The zero-order valence-electron chi connectivity index (χ0n) is 16.5. The minimum atomic E-state index is -1.44. The van der Waals surface area contributed by atoms with Crippen molar-refractivity contribution < 1.29 is 5.11 Å². The number of pyridine rings is 1. The first-order valence-electron chi connectivity index (χ1n) is 9.51. The number of aromatic nitrogens is 7. The van der Waals surface area contributed by atoms with E-state index in [-0.39, 0.29) is 0 Å². The summed E-state index contributed by atoms with van der Waals surface area (Å²) in [6, 6.07) is 21.0. The highest BCUT2D eigenvalue weighted by molar-refractivity contribution is 5.79. The quantitative estimate of drug-likeness (QED) is 0.483. The molecule has 0 aliphatic rings. The van der Waals surface area contributed by atoms with Gasteiger partial charge in [0.2, 0.25) is 0 Å². The van der Waals surface area contributed by atoms with Crippen LogP contribution in [0, 0.1) is 6.92 Å². The lowest BCUT2D eigenvalue weighted by Crippen LogP contribution is -2.32. The van der Waals surface area contributed by atoms with Gasteiger partial charge in [-0.15, -0.1) is 5.10 Å². The second-order valence-electron chi connectivity index (χ2n) is 7.15. The van der Waals surface area contributed by atoms with E-state index in [0.717, 1.165) is 27.9 Å². The molecule has 2 N–H and O–H groups in total. The van der Waals surface area contributed by atoms with Crippen molar-refractivity contribution in [3.05, 3.63) is 89.4 Å². The molecule has 0 unspecified atom stereocenters. The molecule has 0 saturated carbocycles. The van der Waals surface area contributed by atoms with Crippen LogP contribution in [0.5, 0.6) is 0 Å². The maximum absolute atomic E-state index is 12.1. The minimum Gasteiger partial charge on any atom is -0.373 e. The third-order valence-corrected chi connectivity index (χ3v) is 5.37. The molecule has 3 aromatic heterocycles.